The average molecular weight is 259 g/mol. The lowest BCUT2D eigenvalue weighted by Crippen LogP contribution is -2.40. The van der Waals surface area contributed by atoms with E-state index < -0.39 is 17.2 Å². The van der Waals surface area contributed by atoms with Gasteiger partial charge in [-0.05, 0) is 12.1 Å². The summed E-state index contributed by atoms with van der Waals surface area (Å²) in [5.41, 5.74) is -0.574. The van der Waals surface area contributed by atoms with E-state index in [9.17, 15) is 14.4 Å². The molecule has 0 unspecified atom stereocenters. The Kier molecular flexibility index (Phi) is 3.33. The fourth-order valence-electron chi connectivity index (χ4n) is 1.68. The smallest absolute Gasteiger partial charge is 0.322 e. The predicted octanol–water partition coefficient (Wildman–Crippen LogP) is 0.336. The summed E-state index contributed by atoms with van der Waals surface area (Å²) in [5.74, 6) is -0.539. The predicted molar refractivity (Wildman–Crippen MR) is 71.3 cm³/mol. The summed E-state index contributed by atoms with van der Waals surface area (Å²) >= 11 is 0. The third-order valence-electron chi connectivity index (χ3n) is 2.72. The zero-order valence-electron chi connectivity index (χ0n) is 10.6. The van der Waals surface area contributed by atoms with Gasteiger partial charge in [-0.25, -0.2) is 4.79 Å². The molecule has 1 aromatic heterocycles. The van der Waals surface area contributed by atoms with Crippen LogP contribution in [-0.4, -0.2) is 15.0 Å². The zero-order chi connectivity index (χ0) is 14.0. The molecule has 2 aromatic rings. The van der Waals surface area contributed by atoms with Gasteiger partial charge in [-0.15, -0.1) is 0 Å². The van der Waals surface area contributed by atoms with Crippen molar-refractivity contribution in [3.05, 3.63) is 62.9 Å². The van der Waals surface area contributed by atoms with Crippen molar-refractivity contribution in [2.45, 2.75) is 0 Å². The molecule has 98 valence electrons. The van der Waals surface area contributed by atoms with Gasteiger partial charge in [-0.2, -0.15) is 0 Å². The molecule has 0 bridgehead atoms. The molecule has 1 N–H and O–H groups in total. The van der Waals surface area contributed by atoms with Crippen LogP contribution in [0.25, 0.3) is 0 Å². The van der Waals surface area contributed by atoms with Gasteiger partial charge in [0.2, 0.25) is 0 Å². The maximum Gasteiger partial charge on any atom is 0.330 e. The van der Waals surface area contributed by atoms with Crippen molar-refractivity contribution < 1.29 is 4.79 Å². The van der Waals surface area contributed by atoms with Gasteiger partial charge in [0.05, 0.1) is 0 Å². The Hall–Kier alpha value is -2.63. The summed E-state index contributed by atoms with van der Waals surface area (Å²) < 4.78 is 2.10. The zero-order valence-corrected chi connectivity index (χ0v) is 10.6. The molecule has 0 saturated heterocycles. The van der Waals surface area contributed by atoms with Gasteiger partial charge in [0.15, 0.2) is 0 Å². The van der Waals surface area contributed by atoms with E-state index in [1.54, 1.807) is 24.3 Å². The van der Waals surface area contributed by atoms with Gasteiger partial charge in [0, 0.05) is 26.0 Å². The van der Waals surface area contributed by atoms with Crippen LogP contribution in [0.3, 0.4) is 0 Å². The second-order valence-corrected chi connectivity index (χ2v) is 4.12. The van der Waals surface area contributed by atoms with Crippen LogP contribution in [0.5, 0.6) is 0 Å². The Labute approximate surface area is 108 Å². The van der Waals surface area contributed by atoms with Crippen LogP contribution >= 0.6 is 0 Å². The Morgan fingerprint density at radius 3 is 2.37 bits per heavy atom. The van der Waals surface area contributed by atoms with Crippen molar-refractivity contribution in [1.82, 2.24) is 9.13 Å². The van der Waals surface area contributed by atoms with E-state index in [4.69, 9.17) is 0 Å². The molecule has 6 heteroatoms. The number of anilines is 1. The minimum absolute atomic E-state index is 0.0755. The summed E-state index contributed by atoms with van der Waals surface area (Å²) in [4.78, 5) is 35.4. The third kappa shape index (κ3) is 2.47. The van der Waals surface area contributed by atoms with Crippen LogP contribution in [-0.2, 0) is 14.1 Å². The first-order valence-corrected chi connectivity index (χ1v) is 5.64. The number of amides is 1. The number of nitrogens with one attached hydrogen (secondary N) is 1. The normalized spacial score (nSPS) is 10.2. The van der Waals surface area contributed by atoms with Gasteiger partial charge in [-0.1, -0.05) is 18.2 Å². The fourth-order valence-corrected chi connectivity index (χ4v) is 1.68. The summed E-state index contributed by atoms with van der Waals surface area (Å²) in [6.07, 6.45) is 1.24. The van der Waals surface area contributed by atoms with Gasteiger partial charge in [0.1, 0.15) is 5.56 Å². The molecule has 1 heterocycles. The number of hydrogen-bond acceptors (Lipinski definition) is 3. The molecule has 6 nitrogen and oxygen atoms in total. The SMILES string of the molecule is Cn1cc(C(=O)Nc2ccccc2)c(=O)n(C)c1=O. The number of aryl methyl sites for hydroxylation is 1. The third-order valence-corrected chi connectivity index (χ3v) is 2.72. The van der Waals surface area contributed by atoms with Gasteiger partial charge >= 0.3 is 5.69 Å². The van der Waals surface area contributed by atoms with E-state index in [1.807, 2.05) is 6.07 Å². The Bertz CT molecular complexity index is 729. The minimum atomic E-state index is -0.614. The molecule has 0 atom stereocenters. The number of carbonyl (C=O) groups excluding carboxylic acids is 1. The van der Waals surface area contributed by atoms with E-state index in [0.29, 0.717) is 5.69 Å². The topological polar surface area (TPSA) is 73.1 Å². The molecule has 2 rings (SSSR count). The molecule has 19 heavy (non-hydrogen) atoms. The van der Waals surface area contributed by atoms with Crippen molar-refractivity contribution in [3.63, 3.8) is 0 Å². The maximum absolute atomic E-state index is 12.0. The van der Waals surface area contributed by atoms with E-state index in [1.165, 1.54) is 24.9 Å². The number of hydrogen-bond donors (Lipinski definition) is 1. The summed E-state index contributed by atoms with van der Waals surface area (Å²) in [6, 6.07) is 8.79. The molecule has 1 amide bonds. The van der Waals surface area contributed by atoms with Crippen molar-refractivity contribution in [1.29, 1.82) is 0 Å². The number of rotatable bonds is 2. The molecule has 0 radical (unpaired) electrons. The lowest BCUT2D eigenvalue weighted by atomic mass is 10.2. The van der Waals surface area contributed by atoms with Crippen LogP contribution < -0.4 is 16.6 Å². The van der Waals surface area contributed by atoms with Gasteiger partial charge < -0.3 is 9.88 Å². The highest BCUT2D eigenvalue weighted by Gasteiger charge is 2.14. The van der Waals surface area contributed by atoms with Crippen molar-refractivity contribution in [2.24, 2.45) is 14.1 Å². The van der Waals surface area contributed by atoms with Crippen molar-refractivity contribution in [2.75, 3.05) is 5.32 Å². The first-order valence-electron chi connectivity index (χ1n) is 5.64. The van der Waals surface area contributed by atoms with Gasteiger partial charge in [-0.3, -0.25) is 14.2 Å². The van der Waals surface area contributed by atoms with E-state index in [2.05, 4.69) is 5.32 Å². The Morgan fingerprint density at radius 2 is 1.74 bits per heavy atom. The molecule has 0 spiro atoms. The Balaban J connectivity index is 2.41. The number of nitrogens with zero attached hydrogens (tertiary/aromatic N) is 2. The second kappa shape index (κ2) is 4.93. The summed E-state index contributed by atoms with van der Waals surface area (Å²) in [5, 5.41) is 2.61. The standard InChI is InChI=1S/C13H13N3O3/c1-15-8-10(12(18)16(2)13(15)19)11(17)14-9-6-4-3-5-7-9/h3-8H,1-2H3,(H,14,17). The Morgan fingerprint density at radius 1 is 1.11 bits per heavy atom. The van der Waals surface area contributed by atoms with E-state index in [0.717, 1.165) is 4.57 Å². The number of para-hydroxylation sites is 1. The quantitative estimate of drug-likeness (QED) is 0.845. The molecule has 1 aromatic carbocycles. The van der Waals surface area contributed by atoms with Gasteiger partial charge in [0.25, 0.3) is 11.5 Å². The van der Waals surface area contributed by atoms with Crippen molar-refractivity contribution >= 4 is 11.6 Å². The highest BCUT2D eigenvalue weighted by Crippen LogP contribution is 2.06. The van der Waals surface area contributed by atoms with Crippen LogP contribution in [0.15, 0.2) is 46.1 Å². The number of carbonyl (C=O) groups is 1. The molecule has 0 aliphatic heterocycles. The highest BCUT2D eigenvalue weighted by atomic mass is 16.2. The molecule has 0 aliphatic carbocycles. The highest BCUT2D eigenvalue weighted by molar-refractivity contribution is 6.03. The van der Waals surface area contributed by atoms with E-state index >= 15 is 0 Å². The molecular weight excluding hydrogens is 246 g/mol. The maximum atomic E-state index is 12.0. The average Bonchev–Trinajstić information content (AvgIpc) is 2.41. The lowest BCUT2D eigenvalue weighted by molar-refractivity contribution is 0.102. The van der Waals surface area contributed by atoms with E-state index in [-0.39, 0.29) is 5.56 Å². The van der Waals surface area contributed by atoms with Crippen LogP contribution in [0.4, 0.5) is 5.69 Å². The lowest BCUT2D eigenvalue weighted by Gasteiger charge is -2.07. The number of benzene rings is 1. The number of aromatic nitrogens is 2. The van der Waals surface area contributed by atoms with Crippen LogP contribution in [0, 0.1) is 0 Å². The van der Waals surface area contributed by atoms with Crippen LogP contribution in [0.2, 0.25) is 0 Å². The second-order valence-electron chi connectivity index (χ2n) is 4.12. The molecule has 0 aliphatic rings. The fraction of sp³-hybridized carbons (Fsp3) is 0.154. The van der Waals surface area contributed by atoms with Crippen LogP contribution in [0.1, 0.15) is 10.4 Å². The molecule has 0 fully saturated rings. The summed E-state index contributed by atoms with van der Waals surface area (Å²) in [6.45, 7) is 0. The summed E-state index contributed by atoms with van der Waals surface area (Å²) in [7, 11) is 2.82. The first-order chi connectivity index (χ1) is 9.00. The first kappa shape index (κ1) is 12.8. The molecule has 0 saturated carbocycles. The largest absolute Gasteiger partial charge is 0.330 e. The molecular formula is C13H13N3O3. The van der Waals surface area contributed by atoms with Crippen molar-refractivity contribution in [3.8, 4) is 0 Å². The monoisotopic (exact) mass is 259 g/mol. The minimum Gasteiger partial charge on any atom is -0.322 e.